The first-order valence-corrected chi connectivity index (χ1v) is 8.28. The van der Waals surface area contributed by atoms with E-state index in [-0.39, 0.29) is 33.1 Å². The Morgan fingerprint density at radius 1 is 1.04 bits per heavy atom. The summed E-state index contributed by atoms with van der Waals surface area (Å²) in [5.74, 6) is -2.24. The van der Waals surface area contributed by atoms with Gasteiger partial charge in [-0.3, -0.25) is 0 Å². The lowest BCUT2D eigenvalue weighted by Gasteiger charge is -2.09. The molecule has 0 unspecified atom stereocenters. The van der Waals surface area contributed by atoms with E-state index >= 15 is 0 Å². The van der Waals surface area contributed by atoms with Gasteiger partial charge in [0.15, 0.2) is 28.7 Å². The van der Waals surface area contributed by atoms with Crippen molar-refractivity contribution in [1.82, 2.24) is 5.32 Å². The summed E-state index contributed by atoms with van der Waals surface area (Å²) in [7, 11) is 0. The molecule has 0 spiro atoms. The minimum absolute atomic E-state index is 0.0871. The van der Waals surface area contributed by atoms with Crippen LogP contribution in [-0.4, -0.2) is 30.5 Å². The van der Waals surface area contributed by atoms with Gasteiger partial charge < -0.3 is 30.8 Å². The van der Waals surface area contributed by atoms with Gasteiger partial charge in [0.05, 0.1) is 10.0 Å². The fourth-order valence-corrected chi connectivity index (χ4v) is 2.69. The number of rotatable bonds is 4. The average Bonchev–Trinajstić information content (AvgIpc) is 2.59. The summed E-state index contributed by atoms with van der Waals surface area (Å²) in [6.07, 6.45) is 1.42. The van der Waals surface area contributed by atoms with Gasteiger partial charge in [-0.1, -0.05) is 12.2 Å². The summed E-state index contributed by atoms with van der Waals surface area (Å²) in [5.41, 5.74) is 0.972. The molecule has 0 atom stereocenters. The molecule has 0 heterocycles. The average molecular weight is 437 g/mol. The zero-order valence-corrected chi connectivity index (χ0v) is 15.5. The molecule has 0 aliphatic heterocycles. The molecular weight excluding hydrogens is 424 g/mol. The first kappa shape index (κ1) is 19.4. The Balaban J connectivity index is 2.18. The van der Waals surface area contributed by atoms with Crippen LogP contribution < -0.4 is 5.32 Å². The number of hydrogen-bond donors (Lipinski definition) is 6. The van der Waals surface area contributed by atoms with Crippen LogP contribution in [0.15, 0.2) is 34.3 Å². The molecule has 0 radical (unpaired) electrons. The number of halogens is 1. The lowest BCUT2D eigenvalue weighted by Crippen LogP contribution is -2.22. The smallest absolute Gasteiger partial charge is 0.200 e. The van der Waals surface area contributed by atoms with Crippen LogP contribution in [0, 0.1) is 11.3 Å². The van der Waals surface area contributed by atoms with E-state index in [0.29, 0.717) is 11.1 Å². The van der Waals surface area contributed by atoms with E-state index in [2.05, 4.69) is 21.2 Å². The molecule has 9 heteroatoms. The number of nitrogens with zero attached hydrogens (tertiary/aromatic N) is 1. The van der Waals surface area contributed by atoms with E-state index in [4.69, 9.17) is 12.2 Å². The number of aromatic hydroxyl groups is 5. The maximum atomic E-state index is 9.62. The van der Waals surface area contributed by atoms with Gasteiger partial charge in [0, 0.05) is 6.54 Å². The quantitative estimate of drug-likeness (QED) is 0.186. The molecule has 0 saturated heterocycles. The lowest BCUT2D eigenvalue weighted by atomic mass is 10.1. The predicted molar refractivity (Wildman–Crippen MR) is 102 cm³/mol. The Hall–Kier alpha value is -2.96. The molecule has 0 bridgehead atoms. The number of thiocarbonyl (C=S) groups is 1. The van der Waals surface area contributed by atoms with Gasteiger partial charge in [-0.05, 0) is 57.4 Å². The van der Waals surface area contributed by atoms with Crippen molar-refractivity contribution in [2.75, 3.05) is 0 Å². The van der Waals surface area contributed by atoms with Crippen molar-refractivity contribution in [3.63, 3.8) is 0 Å². The largest absolute Gasteiger partial charge is 0.504 e. The minimum Gasteiger partial charge on any atom is -0.504 e. The van der Waals surface area contributed by atoms with Crippen LogP contribution in [0.4, 0.5) is 0 Å². The van der Waals surface area contributed by atoms with E-state index in [0.717, 1.165) is 0 Å². The molecular formula is C17H13BrN2O5S. The molecule has 7 nitrogen and oxygen atoms in total. The molecule has 0 aliphatic rings. The van der Waals surface area contributed by atoms with Gasteiger partial charge in [-0.15, -0.1) is 0 Å². The highest BCUT2D eigenvalue weighted by Gasteiger charge is 2.11. The summed E-state index contributed by atoms with van der Waals surface area (Å²) < 4.78 is 0.259. The van der Waals surface area contributed by atoms with Gasteiger partial charge in [-0.25, -0.2) is 0 Å². The van der Waals surface area contributed by atoms with Crippen LogP contribution >= 0.6 is 28.1 Å². The van der Waals surface area contributed by atoms with Crippen molar-refractivity contribution in [3.8, 4) is 34.8 Å². The van der Waals surface area contributed by atoms with Gasteiger partial charge >= 0.3 is 0 Å². The third-order valence-corrected chi connectivity index (χ3v) is 4.29. The second-order valence-corrected chi connectivity index (χ2v) is 6.47. The number of nitrogens with one attached hydrogen (secondary N) is 1. The van der Waals surface area contributed by atoms with Crippen LogP contribution in [0.5, 0.6) is 28.7 Å². The van der Waals surface area contributed by atoms with E-state index in [1.54, 1.807) is 0 Å². The summed E-state index contributed by atoms with van der Waals surface area (Å²) in [5, 5.41) is 59.5. The maximum Gasteiger partial charge on any atom is 0.200 e. The fraction of sp³-hybridized carbons (Fsp3) is 0.0588. The van der Waals surface area contributed by atoms with Gasteiger partial charge in [0.25, 0.3) is 0 Å². The lowest BCUT2D eigenvalue weighted by molar-refractivity contribution is 0.367. The molecule has 6 N–H and O–H groups in total. The molecule has 2 aromatic rings. The number of nitriles is 1. The highest BCUT2D eigenvalue weighted by molar-refractivity contribution is 9.10. The van der Waals surface area contributed by atoms with Gasteiger partial charge in [0.1, 0.15) is 11.1 Å². The van der Waals surface area contributed by atoms with Crippen molar-refractivity contribution in [1.29, 1.82) is 5.26 Å². The summed E-state index contributed by atoms with van der Waals surface area (Å²) >= 11 is 8.24. The van der Waals surface area contributed by atoms with Crippen LogP contribution in [0.3, 0.4) is 0 Å². The van der Waals surface area contributed by atoms with Crippen LogP contribution in [0.1, 0.15) is 11.1 Å². The SMILES string of the molecule is N#C/C(=C\c1cc(O)c(O)c(Br)c1)C(=S)NCc1cc(O)c(O)c(O)c1. The van der Waals surface area contributed by atoms with E-state index in [9.17, 15) is 30.8 Å². The molecule has 26 heavy (non-hydrogen) atoms. The molecule has 0 aromatic heterocycles. The molecule has 2 aromatic carbocycles. The predicted octanol–water partition coefficient (Wildman–Crippen LogP) is 3.00. The van der Waals surface area contributed by atoms with Crippen molar-refractivity contribution < 1.29 is 25.5 Å². The Morgan fingerprint density at radius 2 is 1.62 bits per heavy atom. The number of phenolic OH excluding ortho intramolecular Hbond substituents is 5. The summed E-state index contributed by atoms with van der Waals surface area (Å²) in [4.78, 5) is 0.100. The van der Waals surface area contributed by atoms with E-state index < -0.39 is 17.2 Å². The van der Waals surface area contributed by atoms with Crippen molar-refractivity contribution in [2.45, 2.75) is 6.54 Å². The number of benzene rings is 2. The Kier molecular flexibility index (Phi) is 5.92. The zero-order chi connectivity index (χ0) is 19.4. The van der Waals surface area contributed by atoms with Crippen LogP contribution in [0.25, 0.3) is 6.08 Å². The monoisotopic (exact) mass is 436 g/mol. The molecule has 0 saturated carbocycles. The molecule has 0 aliphatic carbocycles. The molecule has 0 amide bonds. The first-order valence-electron chi connectivity index (χ1n) is 7.08. The topological polar surface area (TPSA) is 137 Å². The Morgan fingerprint density at radius 3 is 2.15 bits per heavy atom. The highest BCUT2D eigenvalue weighted by atomic mass is 79.9. The van der Waals surface area contributed by atoms with E-state index in [1.807, 2.05) is 6.07 Å². The molecule has 0 fully saturated rings. The third-order valence-electron chi connectivity index (χ3n) is 3.32. The van der Waals surface area contributed by atoms with Crippen molar-refractivity contribution in [2.24, 2.45) is 0 Å². The zero-order valence-electron chi connectivity index (χ0n) is 13.1. The highest BCUT2D eigenvalue weighted by Crippen LogP contribution is 2.36. The molecule has 134 valence electrons. The minimum atomic E-state index is -0.619. The van der Waals surface area contributed by atoms with Crippen LogP contribution in [-0.2, 0) is 6.54 Å². The van der Waals surface area contributed by atoms with Crippen molar-refractivity contribution in [3.05, 3.63) is 45.4 Å². The fourth-order valence-electron chi connectivity index (χ4n) is 2.04. The number of phenols is 5. The van der Waals surface area contributed by atoms with Crippen LogP contribution in [0.2, 0.25) is 0 Å². The third kappa shape index (κ3) is 4.36. The van der Waals surface area contributed by atoms with Crippen molar-refractivity contribution >= 4 is 39.2 Å². The maximum absolute atomic E-state index is 9.62. The van der Waals surface area contributed by atoms with Gasteiger partial charge in [0.2, 0.25) is 0 Å². The van der Waals surface area contributed by atoms with Gasteiger partial charge in [-0.2, -0.15) is 5.26 Å². The molecule has 2 rings (SSSR count). The first-order chi connectivity index (χ1) is 12.2. The van der Waals surface area contributed by atoms with E-state index in [1.165, 1.54) is 30.3 Å². The summed E-state index contributed by atoms with van der Waals surface area (Å²) in [6.45, 7) is 0.0871. The normalized spacial score (nSPS) is 11.0. The second kappa shape index (κ2) is 7.95. The Bertz CT molecular complexity index is 907. The Labute approximate surface area is 162 Å². The second-order valence-electron chi connectivity index (χ2n) is 5.21. The standard InChI is InChI=1S/C17H13BrN2O5S/c18-11-2-8(3-12(21)15(11)24)1-10(6-19)17(26)20-7-9-4-13(22)16(25)14(23)5-9/h1-5,21-25H,7H2,(H,20,26)/b10-1+. The number of hydrogen-bond acceptors (Lipinski definition) is 7. The summed E-state index contributed by atoms with van der Waals surface area (Å²) in [6, 6.07) is 7.20.